The molecule has 3 aromatic rings. The number of rotatable bonds is 4. The molecule has 0 radical (unpaired) electrons. The fourth-order valence-electron chi connectivity index (χ4n) is 3.77. The predicted octanol–water partition coefficient (Wildman–Crippen LogP) is 3.09. The number of fused-ring (bicyclic) bond motifs is 1. The summed E-state index contributed by atoms with van der Waals surface area (Å²) in [5.41, 5.74) is 2.69. The molecule has 1 aromatic heterocycles. The molecule has 0 bridgehead atoms. The molecule has 8 nitrogen and oxygen atoms in total. The first-order valence-corrected chi connectivity index (χ1v) is 9.90. The highest BCUT2D eigenvalue weighted by atomic mass is 16.6. The topological polar surface area (TPSA) is 80.9 Å². The minimum Gasteiger partial charge on any atom is -0.486 e. The number of aromatic nitrogens is 2. The largest absolute Gasteiger partial charge is 0.486 e. The maximum Gasteiger partial charge on any atom is 0.258 e. The van der Waals surface area contributed by atoms with Gasteiger partial charge in [0.1, 0.15) is 13.2 Å². The van der Waals surface area contributed by atoms with Gasteiger partial charge in [0.15, 0.2) is 17.3 Å². The Morgan fingerprint density at radius 1 is 1.07 bits per heavy atom. The second-order valence-electron chi connectivity index (χ2n) is 7.64. The molecule has 0 spiro atoms. The SMILES string of the molecule is CN(C)c1cccc(-c2nc(C3CC(=O)N(c4ccc5c(c4)OCCO5)C3)no2)c1. The van der Waals surface area contributed by atoms with Gasteiger partial charge in [0, 0.05) is 56.0 Å². The maximum atomic E-state index is 12.7. The summed E-state index contributed by atoms with van der Waals surface area (Å²) in [6.45, 7) is 1.54. The Kier molecular flexibility index (Phi) is 4.54. The van der Waals surface area contributed by atoms with Crippen LogP contribution in [-0.2, 0) is 4.79 Å². The van der Waals surface area contributed by atoms with E-state index in [0.29, 0.717) is 49.4 Å². The van der Waals surface area contributed by atoms with Gasteiger partial charge in [-0.2, -0.15) is 4.98 Å². The van der Waals surface area contributed by atoms with Gasteiger partial charge < -0.3 is 23.8 Å². The minimum atomic E-state index is -0.125. The molecule has 1 saturated heterocycles. The van der Waals surface area contributed by atoms with E-state index in [-0.39, 0.29) is 11.8 Å². The lowest BCUT2D eigenvalue weighted by Crippen LogP contribution is -2.25. The van der Waals surface area contributed by atoms with Gasteiger partial charge in [-0.25, -0.2) is 0 Å². The van der Waals surface area contributed by atoms with Crippen molar-refractivity contribution in [2.45, 2.75) is 12.3 Å². The van der Waals surface area contributed by atoms with E-state index < -0.39 is 0 Å². The number of carbonyl (C=O) groups is 1. The van der Waals surface area contributed by atoms with E-state index in [4.69, 9.17) is 14.0 Å². The van der Waals surface area contributed by atoms with Gasteiger partial charge >= 0.3 is 0 Å². The normalized spacial score (nSPS) is 18.0. The molecule has 1 fully saturated rings. The van der Waals surface area contributed by atoms with Crippen molar-refractivity contribution in [2.75, 3.05) is 43.7 Å². The fourth-order valence-corrected chi connectivity index (χ4v) is 3.77. The lowest BCUT2D eigenvalue weighted by atomic mass is 10.1. The maximum absolute atomic E-state index is 12.7. The predicted molar refractivity (Wildman–Crippen MR) is 111 cm³/mol. The van der Waals surface area contributed by atoms with Crippen molar-refractivity contribution >= 4 is 17.3 Å². The summed E-state index contributed by atoms with van der Waals surface area (Å²) in [6.07, 6.45) is 0.338. The van der Waals surface area contributed by atoms with Crippen LogP contribution >= 0.6 is 0 Å². The summed E-state index contributed by atoms with van der Waals surface area (Å²) < 4.78 is 16.7. The van der Waals surface area contributed by atoms with Crippen molar-refractivity contribution < 1.29 is 18.8 Å². The lowest BCUT2D eigenvalue weighted by molar-refractivity contribution is -0.117. The van der Waals surface area contributed by atoms with Gasteiger partial charge in [0.25, 0.3) is 5.89 Å². The van der Waals surface area contributed by atoms with Crippen LogP contribution in [0.5, 0.6) is 11.5 Å². The molecule has 0 N–H and O–H groups in total. The van der Waals surface area contributed by atoms with Gasteiger partial charge in [-0.1, -0.05) is 11.2 Å². The summed E-state index contributed by atoms with van der Waals surface area (Å²) in [5.74, 6) is 2.28. The van der Waals surface area contributed by atoms with Gasteiger partial charge in [-0.15, -0.1) is 0 Å². The molecule has 8 heteroatoms. The van der Waals surface area contributed by atoms with Crippen LogP contribution in [0.4, 0.5) is 11.4 Å². The molecule has 1 amide bonds. The number of carbonyl (C=O) groups excluding carboxylic acids is 1. The molecular weight excluding hydrogens is 384 g/mol. The molecule has 3 heterocycles. The number of benzene rings is 2. The molecule has 1 unspecified atom stereocenters. The third-order valence-corrected chi connectivity index (χ3v) is 5.38. The molecule has 30 heavy (non-hydrogen) atoms. The quantitative estimate of drug-likeness (QED) is 0.659. The van der Waals surface area contributed by atoms with Crippen molar-refractivity contribution in [3.05, 3.63) is 48.3 Å². The van der Waals surface area contributed by atoms with Gasteiger partial charge in [0.2, 0.25) is 5.91 Å². The third kappa shape index (κ3) is 3.34. The van der Waals surface area contributed by atoms with Crippen LogP contribution in [0.25, 0.3) is 11.5 Å². The van der Waals surface area contributed by atoms with E-state index in [1.54, 1.807) is 4.90 Å². The fraction of sp³-hybridized carbons (Fsp3) is 0.318. The molecule has 5 rings (SSSR count). The van der Waals surface area contributed by atoms with E-state index in [1.165, 1.54) is 0 Å². The van der Waals surface area contributed by atoms with E-state index in [0.717, 1.165) is 16.9 Å². The highest BCUT2D eigenvalue weighted by Gasteiger charge is 2.35. The zero-order valence-corrected chi connectivity index (χ0v) is 16.9. The standard InChI is InChI=1S/C22H22N4O4/c1-25(2)16-5-3-4-14(10-16)22-23-21(24-30-22)15-11-20(27)26(13-15)17-6-7-18-19(12-17)29-9-8-28-18/h3-7,10,12,15H,8-9,11,13H2,1-2H3. The molecule has 0 saturated carbocycles. The number of ether oxygens (including phenoxy) is 2. The monoisotopic (exact) mass is 406 g/mol. The van der Waals surface area contributed by atoms with E-state index in [2.05, 4.69) is 10.1 Å². The number of hydrogen-bond donors (Lipinski definition) is 0. The number of amides is 1. The lowest BCUT2D eigenvalue weighted by Gasteiger charge is -2.22. The summed E-state index contributed by atoms with van der Waals surface area (Å²) in [6, 6.07) is 13.5. The molecule has 0 aliphatic carbocycles. The molecule has 2 aliphatic rings. The van der Waals surface area contributed by atoms with E-state index >= 15 is 0 Å². The van der Waals surface area contributed by atoms with E-state index in [1.807, 2.05) is 61.5 Å². The first-order chi connectivity index (χ1) is 14.6. The van der Waals surface area contributed by atoms with Gasteiger partial charge in [0.05, 0.1) is 0 Å². The summed E-state index contributed by atoms with van der Waals surface area (Å²) >= 11 is 0. The zero-order valence-electron chi connectivity index (χ0n) is 16.9. The van der Waals surface area contributed by atoms with Crippen LogP contribution in [0.2, 0.25) is 0 Å². The smallest absolute Gasteiger partial charge is 0.258 e. The Morgan fingerprint density at radius 3 is 2.73 bits per heavy atom. The summed E-state index contributed by atoms with van der Waals surface area (Å²) in [7, 11) is 3.96. The van der Waals surface area contributed by atoms with Crippen LogP contribution in [0.3, 0.4) is 0 Å². The zero-order chi connectivity index (χ0) is 20.7. The van der Waals surface area contributed by atoms with Crippen molar-refractivity contribution in [1.29, 1.82) is 0 Å². The average molecular weight is 406 g/mol. The second-order valence-corrected chi connectivity index (χ2v) is 7.64. The number of hydrogen-bond acceptors (Lipinski definition) is 7. The minimum absolute atomic E-state index is 0.0256. The number of nitrogens with zero attached hydrogens (tertiary/aromatic N) is 4. The number of anilines is 2. The Hall–Kier alpha value is -3.55. The van der Waals surface area contributed by atoms with Crippen molar-refractivity contribution in [3.8, 4) is 23.0 Å². The summed E-state index contributed by atoms with van der Waals surface area (Å²) in [5, 5.41) is 4.16. The molecule has 154 valence electrons. The Morgan fingerprint density at radius 2 is 1.90 bits per heavy atom. The average Bonchev–Trinajstić information content (AvgIpc) is 3.40. The Bertz CT molecular complexity index is 1090. The highest BCUT2D eigenvalue weighted by Crippen LogP contribution is 2.37. The Labute approximate surface area is 174 Å². The summed E-state index contributed by atoms with van der Waals surface area (Å²) in [4.78, 5) is 21.0. The van der Waals surface area contributed by atoms with Crippen LogP contribution in [0, 0.1) is 0 Å². The molecular formula is C22H22N4O4. The first kappa shape index (κ1) is 18.5. The van der Waals surface area contributed by atoms with Crippen molar-refractivity contribution in [3.63, 3.8) is 0 Å². The molecule has 2 aliphatic heterocycles. The van der Waals surface area contributed by atoms with Gasteiger partial charge in [-0.05, 0) is 30.3 Å². The molecule has 1 atom stereocenters. The van der Waals surface area contributed by atoms with Crippen molar-refractivity contribution in [2.24, 2.45) is 0 Å². The first-order valence-electron chi connectivity index (χ1n) is 9.90. The van der Waals surface area contributed by atoms with E-state index in [9.17, 15) is 4.79 Å². The highest BCUT2D eigenvalue weighted by molar-refractivity contribution is 5.96. The van der Waals surface area contributed by atoms with Crippen LogP contribution in [0.1, 0.15) is 18.2 Å². The van der Waals surface area contributed by atoms with Gasteiger partial charge in [-0.3, -0.25) is 4.79 Å². The molecule has 2 aromatic carbocycles. The van der Waals surface area contributed by atoms with Crippen LogP contribution in [0.15, 0.2) is 47.0 Å². The third-order valence-electron chi connectivity index (χ3n) is 5.38. The van der Waals surface area contributed by atoms with Crippen molar-refractivity contribution in [1.82, 2.24) is 10.1 Å². The second kappa shape index (κ2) is 7.37. The Balaban J connectivity index is 1.36. The van der Waals surface area contributed by atoms with Crippen LogP contribution < -0.4 is 19.3 Å². The van der Waals surface area contributed by atoms with Crippen LogP contribution in [-0.4, -0.2) is 49.9 Å².